The van der Waals surface area contributed by atoms with Gasteiger partial charge in [0.15, 0.2) is 0 Å². The molecule has 1 heterocycles. The summed E-state index contributed by atoms with van der Waals surface area (Å²) in [4.78, 5) is 37.7. The quantitative estimate of drug-likeness (QED) is 0.728. The van der Waals surface area contributed by atoms with Crippen molar-refractivity contribution in [3.63, 3.8) is 0 Å². The molecule has 0 aromatic heterocycles. The highest BCUT2D eigenvalue weighted by molar-refractivity contribution is 8.00. The summed E-state index contributed by atoms with van der Waals surface area (Å²) in [6, 6.07) is 13.1. The van der Waals surface area contributed by atoms with Crippen LogP contribution in [-0.2, 0) is 14.4 Å². The fourth-order valence-electron chi connectivity index (χ4n) is 3.22. The maximum atomic E-state index is 12.1. The topological polar surface area (TPSA) is 78.5 Å². The van der Waals surface area contributed by atoms with Gasteiger partial charge in [0.05, 0.1) is 11.5 Å². The molecule has 3 rings (SSSR count). The summed E-state index contributed by atoms with van der Waals surface area (Å²) in [5, 5.41) is 5.69. The number of carbonyl (C=O) groups is 3. The molecule has 2 aromatic rings. The number of carbonyl (C=O) groups excluding carboxylic acids is 3. The summed E-state index contributed by atoms with van der Waals surface area (Å²) in [5.74, 6) is 0.231. The predicted molar refractivity (Wildman–Crippen MR) is 119 cm³/mol. The molecule has 0 atom stereocenters. The first kappa shape index (κ1) is 20.9. The number of nitrogens with one attached hydrogen (secondary N) is 2. The number of hydrogen-bond donors (Lipinski definition) is 2. The van der Waals surface area contributed by atoms with E-state index in [1.54, 1.807) is 17.0 Å². The summed E-state index contributed by atoms with van der Waals surface area (Å²) >= 11 is 1.26. The summed E-state index contributed by atoms with van der Waals surface area (Å²) in [5.41, 5.74) is 4.47. The Hall–Kier alpha value is -2.80. The van der Waals surface area contributed by atoms with Crippen LogP contribution >= 0.6 is 11.8 Å². The molecule has 0 bridgehead atoms. The molecule has 0 unspecified atom stereocenters. The maximum Gasteiger partial charge on any atom is 0.234 e. The van der Waals surface area contributed by atoms with Crippen LogP contribution in [0.1, 0.15) is 24.0 Å². The Morgan fingerprint density at radius 3 is 2.31 bits per heavy atom. The second kappa shape index (κ2) is 9.60. The van der Waals surface area contributed by atoms with Gasteiger partial charge in [0.1, 0.15) is 0 Å². The number of thioether (sulfide) groups is 1. The number of hydrogen-bond acceptors (Lipinski definition) is 4. The van der Waals surface area contributed by atoms with E-state index < -0.39 is 0 Å². The van der Waals surface area contributed by atoms with E-state index in [1.165, 1.54) is 11.8 Å². The van der Waals surface area contributed by atoms with Crippen LogP contribution in [0, 0.1) is 13.8 Å². The number of nitrogens with zero attached hydrogens (tertiary/aromatic N) is 1. The molecule has 29 heavy (non-hydrogen) atoms. The lowest BCUT2D eigenvalue weighted by molar-refractivity contribution is -0.117. The highest BCUT2D eigenvalue weighted by atomic mass is 32.2. The third kappa shape index (κ3) is 5.84. The van der Waals surface area contributed by atoms with Crippen LogP contribution < -0.4 is 15.5 Å². The van der Waals surface area contributed by atoms with Gasteiger partial charge >= 0.3 is 0 Å². The number of aryl methyl sites for hydroxylation is 2. The molecular weight excluding hydrogens is 386 g/mol. The molecule has 1 saturated heterocycles. The lowest BCUT2D eigenvalue weighted by Crippen LogP contribution is -2.23. The molecule has 1 fully saturated rings. The highest BCUT2D eigenvalue weighted by Gasteiger charge is 2.21. The largest absolute Gasteiger partial charge is 0.325 e. The first-order chi connectivity index (χ1) is 13.9. The van der Waals surface area contributed by atoms with Crippen molar-refractivity contribution < 1.29 is 14.4 Å². The fourth-order valence-corrected chi connectivity index (χ4v) is 3.84. The Morgan fingerprint density at radius 2 is 1.69 bits per heavy atom. The Kier molecular flexibility index (Phi) is 6.93. The Labute approximate surface area is 175 Å². The lowest BCUT2D eigenvalue weighted by atomic mass is 10.1. The van der Waals surface area contributed by atoms with Crippen LogP contribution in [0.4, 0.5) is 17.1 Å². The summed E-state index contributed by atoms with van der Waals surface area (Å²) in [6.07, 6.45) is 1.47. The van der Waals surface area contributed by atoms with Gasteiger partial charge < -0.3 is 15.5 Å². The van der Waals surface area contributed by atoms with E-state index in [0.29, 0.717) is 12.1 Å². The zero-order chi connectivity index (χ0) is 20.8. The first-order valence-electron chi connectivity index (χ1n) is 9.57. The predicted octanol–water partition coefficient (Wildman–Crippen LogP) is 3.74. The zero-order valence-corrected chi connectivity index (χ0v) is 17.5. The number of amides is 3. The Balaban J connectivity index is 1.41. The lowest BCUT2D eigenvalue weighted by Gasteiger charge is -2.16. The SMILES string of the molecule is Cc1ccc(NC(=O)CSCC(=O)Nc2ccc(N3CCCC3=O)cc2)c(C)c1. The number of anilines is 3. The van der Waals surface area contributed by atoms with Gasteiger partial charge in [0.25, 0.3) is 0 Å². The average molecular weight is 412 g/mol. The molecular formula is C22H25N3O3S. The molecule has 0 aliphatic carbocycles. The molecule has 0 saturated carbocycles. The second-order valence-electron chi connectivity index (χ2n) is 7.10. The standard InChI is InChI=1S/C22H25N3O3S/c1-15-5-10-19(16(2)12-15)24-21(27)14-29-13-20(26)23-17-6-8-18(9-7-17)25-11-3-4-22(25)28/h5-10,12H,3-4,11,13-14H2,1-2H3,(H,23,26)(H,24,27). The number of benzene rings is 2. The zero-order valence-electron chi connectivity index (χ0n) is 16.7. The van der Waals surface area contributed by atoms with Gasteiger partial charge in [-0.2, -0.15) is 0 Å². The van der Waals surface area contributed by atoms with Gasteiger partial charge in [-0.05, 0) is 56.2 Å². The second-order valence-corrected chi connectivity index (χ2v) is 8.09. The molecule has 2 aromatic carbocycles. The van der Waals surface area contributed by atoms with Crippen LogP contribution in [0.5, 0.6) is 0 Å². The van der Waals surface area contributed by atoms with Crippen molar-refractivity contribution in [1.82, 2.24) is 0 Å². The molecule has 3 amide bonds. The molecule has 1 aliphatic rings. The fraction of sp³-hybridized carbons (Fsp3) is 0.318. The van der Waals surface area contributed by atoms with Gasteiger partial charge in [0.2, 0.25) is 17.7 Å². The molecule has 2 N–H and O–H groups in total. The molecule has 152 valence electrons. The van der Waals surface area contributed by atoms with Gasteiger partial charge in [0, 0.05) is 30.0 Å². The van der Waals surface area contributed by atoms with Crippen molar-refractivity contribution in [2.45, 2.75) is 26.7 Å². The van der Waals surface area contributed by atoms with Crippen LogP contribution in [-0.4, -0.2) is 35.8 Å². The monoisotopic (exact) mass is 411 g/mol. The van der Waals surface area contributed by atoms with Crippen LogP contribution in [0.2, 0.25) is 0 Å². The third-order valence-corrected chi connectivity index (χ3v) is 5.59. The van der Waals surface area contributed by atoms with Crippen molar-refractivity contribution >= 4 is 46.5 Å². The maximum absolute atomic E-state index is 12.1. The third-order valence-electron chi connectivity index (χ3n) is 4.66. The van der Waals surface area contributed by atoms with Gasteiger partial charge in [-0.25, -0.2) is 0 Å². The minimum Gasteiger partial charge on any atom is -0.325 e. The average Bonchev–Trinajstić information content (AvgIpc) is 3.10. The summed E-state index contributed by atoms with van der Waals surface area (Å²) < 4.78 is 0. The smallest absolute Gasteiger partial charge is 0.234 e. The van der Waals surface area contributed by atoms with Gasteiger partial charge in [-0.15, -0.1) is 11.8 Å². The minimum absolute atomic E-state index is 0.130. The molecule has 0 radical (unpaired) electrons. The molecule has 6 nitrogen and oxygen atoms in total. The van der Waals surface area contributed by atoms with Crippen molar-refractivity contribution in [3.8, 4) is 0 Å². The summed E-state index contributed by atoms with van der Waals surface area (Å²) in [7, 11) is 0. The van der Waals surface area contributed by atoms with E-state index in [1.807, 2.05) is 44.2 Å². The van der Waals surface area contributed by atoms with Crippen molar-refractivity contribution in [2.24, 2.45) is 0 Å². The van der Waals surface area contributed by atoms with E-state index in [0.717, 1.165) is 35.5 Å². The van der Waals surface area contributed by atoms with Gasteiger partial charge in [-0.3, -0.25) is 14.4 Å². The van der Waals surface area contributed by atoms with E-state index in [-0.39, 0.29) is 29.2 Å². The van der Waals surface area contributed by atoms with Crippen LogP contribution in [0.25, 0.3) is 0 Å². The van der Waals surface area contributed by atoms with E-state index >= 15 is 0 Å². The molecule has 1 aliphatic heterocycles. The Morgan fingerprint density at radius 1 is 1.00 bits per heavy atom. The van der Waals surface area contributed by atoms with Crippen molar-refractivity contribution in [2.75, 3.05) is 33.6 Å². The van der Waals surface area contributed by atoms with Gasteiger partial charge in [-0.1, -0.05) is 17.7 Å². The van der Waals surface area contributed by atoms with E-state index in [9.17, 15) is 14.4 Å². The summed E-state index contributed by atoms with van der Waals surface area (Å²) in [6.45, 7) is 4.70. The molecule has 0 spiro atoms. The van der Waals surface area contributed by atoms with Crippen molar-refractivity contribution in [1.29, 1.82) is 0 Å². The normalized spacial score (nSPS) is 13.4. The van der Waals surface area contributed by atoms with E-state index in [4.69, 9.17) is 0 Å². The van der Waals surface area contributed by atoms with Crippen LogP contribution in [0.15, 0.2) is 42.5 Å². The molecule has 7 heteroatoms. The number of rotatable bonds is 7. The van der Waals surface area contributed by atoms with E-state index in [2.05, 4.69) is 10.6 Å². The Bertz CT molecular complexity index is 912. The highest BCUT2D eigenvalue weighted by Crippen LogP contribution is 2.23. The minimum atomic E-state index is -0.167. The van der Waals surface area contributed by atoms with Crippen LogP contribution in [0.3, 0.4) is 0 Å². The van der Waals surface area contributed by atoms with Crippen molar-refractivity contribution in [3.05, 3.63) is 53.6 Å². The first-order valence-corrected chi connectivity index (χ1v) is 10.7.